The predicted molar refractivity (Wildman–Crippen MR) is 79.5 cm³/mol. The topological polar surface area (TPSA) is 58.8 Å². The zero-order valence-electron chi connectivity index (χ0n) is 13.3. The second-order valence-electron chi connectivity index (χ2n) is 7.27. The van der Waals surface area contributed by atoms with E-state index in [-0.39, 0.29) is 6.09 Å². The lowest BCUT2D eigenvalue weighted by atomic mass is 9.89. The Balaban J connectivity index is 1.72. The molecule has 5 nitrogen and oxygen atoms in total. The van der Waals surface area contributed by atoms with Gasteiger partial charge in [0, 0.05) is 38.3 Å². The summed E-state index contributed by atoms with van der Waals surface area (Å²) in [6, 6.07) is 0.914. The number of likely N-dealkylation sites (tertiary alicyclic amines) is 2. The van der Waals surface area contributed by atoms with E-state index in [1.807, 2.05) is 25.7 Å². The van der Waals surface area contributed by atoms with Crippen molar-refractivity contribution in [3.8, 4) is 0 Å². The van der Waals surface area contributed by atoms with Crippen molar-refractivity contribution in [3.05, 3.63) is 0 Å². The van der Waals surface area contributed by atoms with E-state index in [4.69, 9.17) is 10.5 Å². The first-order valence-electron chi connectivity index (χ1n) is 7.74. The van der Waals surface area contributed by atoms with Gasteiger partial charge in [0.05, 0.1) is 0 Å². The van der Waals surface area contributed by atoms with Gasteiger partial charge in [-0.25, -0.2) is 4.79 Å². The van der Waals surface area contributed by atoms with Crippen LogP contribution in [0.2, 0.25) is 0 Å². The number of rotatable bonds is 2. The molecule has 0 aromatic carbocycles. The molecule has 0 bridgehead atoms. The molecule has 0 aromatic rings. The zero-order chi connectivity index (χ0) is 14.9. The van der Waals surface area contributed by atoms with Gasteiger partial charge in [0.1, 0.15) is 5.60 Å². The highest BCUT2D eigenvalue weighted by molar-refractivity contribution is 5.68. The average molecular weight is 283 g/mol. The molecule has 0 spiro atoms. The van der Waals surface area contributed by atoms with Crippen LogP contribution in [-0.4, -0.2) is 59.8 Å². The molecule has 2 saturated heterocycles. The van der Waals surface area contributed by atoms with Crippen molar-refractivity contribution in [2.24, 2.45) is 11.7 Å². The maximum atomic E-state index is 12.0. The van der Waals surface area contributed by atoms with E-state index in [2.05, 4.69) is 11.8 Å². The Bertz CT molecular complexity index is 338. The Morgan fingerprint density at radius 3 is 2.25 bits per heavy atom. The second kappa shape index (κ2) is 5.90. The lowest BCUT2D eigenvalue weighted by molar-refractivity contribution is -0.00588. The molecule has 1 amide bonds. The van der Waals surface area contributed by atoms with E-state index in [9.17, 15) is 4.79 Å². The van der Waals surface area contributed by atoms with Crippen LogP contribution in [0.1, 0.15) is 40.5 Å². The molecule has 0 aromatic heterocycles. The van der Waals surface area contributed by atoms with Gasteiger partial charge in [-0.2, -0.15) is 0 Å². The molecule has 2 heterocycles. The van der Waals surface area contributed by atoms with Crippen molar-refractivity contribution in [1.82, 2.24) is 9.80 Å². The van der Waals surface area contributed by atoms with Gasteiger partial charge in [0.15, 0.2) is 0 Å². The summed E-state index contributed by atoms with van der Waals surface area (Å²) >= 11 is 0. The molecular formula is C15H29N3O2. The molecule has 0 saturated carbocycles. The molecule has 2 aliphatic rings. The molecule has 5 heteroatoms. The summed E-state index contributed by atoms with van der Waals surface area (Å²) in [5.74, 6) is 0.652. The molecule has 20 heavy (non-hydrogen) atoms. The Hall–Kier alpha value is -0.810. The van der Waals surface area contributed by atoms with Crippen molar-refractivity contribution < 1.29 is 9.53 Å². The third-order valence-electron chi connectivity index (χ3n) is 4.31. The van der Waals surface area contributed by atoms with Gasteiger partial charge in [-0.1, -0.05) is 0 Å². The summed E-state index contributed by atoms with van der Waals surface area (Å²) in [5.41, 5.74) is 5.51. The highest BCUT2D eigenvalue weighted by Gasteiger charge is 2.36. The van der Waals surface area contributed by atoms with E-state index in [1.54, 1.807) is 0 Å². The van der Waals surface area contributed by atoms with E-state index >= 15 is 0 Å². The minimum atomic E-state index is -0.407. The Labute approximate surface area is 122 Å². The normalized spacial score (nSPS) is 24.4. The molecule has 0 aliphatic carbocycles. The molecule has 2 N–H and O–H groups in total. The van der Waals surface area contributed by atoms with Gasteiger partial charge in [0.2, 0.25) is 0 Å². The number of carbonyl (C=O) groups is 1. The van der Waals surface area contributed by atoms with Crippen LogP contribution in [0.25, 0.3) is 0 Å². The number of amides is 1. The maximum Gasteiger partial charge on any atom is 0.410 e. The van der Waals surface area contributed by atoms with Crippen molar-refractivity contribution in [2.45, 2.75) is 58.2 Å². The van der Waals surface area contributed by atoms with Crippen LogP contribution < -0.4 is 5.73 Å². The van der Waals surface area contributed by atoms with Crippen LogP contribution in [0.15, 0.2) is 0 Å². The van der Waals surface area contributed by atoms with Crippen LogP contribution in [0.5, 0.6) is 0 Å². The van der Waals surface area contributed by atoms with Crippen LogP contribution in [0.4, 0.5) is 4.79 Å². The summed E-state index contributed by atoms with van der Waals surface area (Å²) in [6.45, 7) is 11.7. The van der Waals surface area contributed by atoms with Gasteiger partial charge >= 0.3 is 6.09 Å². The number of ether oxygens (including phenoxy) is 1. The first-order valence-corrected chi connectivity index (χ1v) is 7.74. The molecular weight excluding hydrogens is 254 g/mol. The molecule has 116 valence electrons. The maximum absolute atomic E-state index is 12.0. The van der Waals surface area contributed by atoms with Crippen molar-refractivity contribution in [2.75, 3.05) is 26.2 Å². The van der Waals surface area contributed by atoms with Crippen molar-refractivity contribution >= 4 is 6.09 Å². The molecule has 2 rings (SSSR count). The van der Waals surface area contributed by atoms with E-state index in [1.165, 1.54) is 0 Å². The first kappa shape index (κ1) is 15.6. The summed E-state index contributed by atoms with van der Waals surface area (Å²) in [6.07, 6.45) is 1.92. The molecule has 2 fully saturated rings. The lowest BCUT2D eigenvalue weighted by Crippen LogP contribution is -2.59. The Morgan fingerprint density at radius 1 is 1.25 bits per heavy atom. The van der Waals surface area contributed by atoms with Crippen LogP contribution in [0.3, 0.4) is 0 Å². The number of hydrogen-bond acceptors (Lipinski definition) is 4. The standard InChI is InChI=1S/C15H29N3O2/c1-11(16)12-9-18(10-12)13-5-7-17(8-6-13)14(19)20-15(2,3)4/h11-13H,5-10,16H2,1-4H3/t11-/m1/s1. The second-order valence-corrected chi connectivity index (χ2v) is 7.27. The van der Waals surface area contributed by atoms with E-state index < -0.39 is 5.60 Å². The minimum Gasteiger partial charge on any atom is -0.444 e. The van der Waals surface area contributed by atoms with E-state index in [0.29, 0.717) is 18.0 Å². The fraction of sp³-hybridized carbons (Fsp3) is 0.933. The number of piperidine rings is 1. The van der Waals surface area contributed by atoms with E-state index in [0.717, 1.165) is 39.0 Å². The van der Waals surface area contributed by atoms with Gasteiger partial charge in [-0.15, -0.1) is 0 Å². The smallest absolute Gasteiger partial charge is 0.410 e. The van der Waals surface area contributed by atoms with Crippen molar-refractivity contribution in [3.63, 3.8) is 0 Å². The monoisotopic (exact) mass is 283 g/mol. The fourth-order valence-corrected chi connectivity index (χ4v) is 2.92. The van der Waals surface area contributed by atoms with Gasteiger partial charge < -0.3 is 15.4 Å². The SMILES string of the molecule is C[C@@H](N)C1CN(C2CCN(C(=O)OC(C)(C)C)CC2)C1. The number of nitrogens with zero attached hydrogens (tertiary/aromatic N) is 2. The fourth-order valence-electron chi connectivity index (χ4n) is 2.92. The first-order chi connectivity index (χ1) is 9.26. The van der Waals surface area contributed by atoms with Crippen molar-refractivity contribution in [1.29, 1.82) is 0 Å². The average Bonchev–Trinajstić information content (AvgIpc) is 2.24. The summed E-state index contributed by atoms with van der Waals surface area (Å²) in [7, 11) is 0. The summed E-state index contributed by atoms with van der Waals surface area (Å²) < 4.78 is 5.42. The Morgan fingerprint density at radius 2 is 1.80 bits per heavy atom. The van der Waals surface area contributed by atoms with Crippen LogP contribution in [0, 0.1) is 5.92 Å². The minimum absolute atomic E-state index is 0.173. The van der Waals surface area contributed by atoms with Crippen LogP contribution >= 0.6 is 0 Å². The quantitative estimate of drug-likeness (QED) is 0.837. The highest BCUT2D eigenvalue weighted by Crippen LogP contribution is 2.26. The largest absolute Gasteiger partial charge is 0.444 e. The number of carbonyl (C=O) groups excluding carboxylic acids is 1. The summed E-state index contributed by atoms with van der Waals surface area (Å²) in [5, 5.41) is 0. The predicted octanol–water partition coefficient (Wildman–Crippen LogP) is 1.66. The molecule has 1 atom stereocenters. The molecule has 0 radical (unpaired) electrons. The third-order valence-corrected chi connectivity index (χ3v) is 4.31. The number of nitrogens with two attached hydrogens (primary N) is 1. The number of hydrogen-bond donors (Lipinski definition) is 1. The lowest BCUT2D eigenvalue weighted by Gasteiger charge is -2.48. The Kier molecular flexibility index (Phi) is 4.59. The van der Waals surface area contributed by atoms with Gasteiger partial charge in [-0.3, -0.25) is 4.90 Å². The summed E-state index contributed by atoms with van der Waals surface area (Å²) in [4.78, 5) is 16.3. The van der Waals surface area contributed by atoms with Gasteiger partial charge in [0.25, 0.3) is 0 Å². The molecule has 2 aliphatic heterocycles. The molecule has 0 unspecified atom stereocenters. The third kappa shape index (κ3) is 3.85. The van der Waals surface area contributed by atoms with Gasteiger partial charge in [-0.05, 0) is 46.5 Å². The highest BCUT2D eigenvalue weighted by atomic mass is 16.6. The van der Waals surface area contributed by atoms with Crippen LogP contribution in [-0.2, 0) is 4.74 Å². The zero-order valence-corrected chi connectivity index (χ0v) is 13.3.